The van der Waals surface area contributed by atoms with Crippen LogP contribution in [0.2, 0.25) is 0 Å². The second-order valence-corrected chi connectivity index (χ2v) is 1.62. The molecule has 0 aliphatic carbocycles. The zero-order valence-electron chi connectivity index (χ0n) is 4.09. The lowest BCUT2D eigenvalue weighted by Gasteiger charge is -1.85. The van der Waals surface area contributed by atoms with E-state index in [4.69, 9.17) is 5.11 Å². The Morgan fingerprint density at radius 1 is 1.88 bits per heavy atom. The van der Waals surface area contributed by atoms with Crippen molar-refractivity contribution in [2.75, 3.05) is 7.11 Å². The Hall–Kier alpha value is -0.580. The van der Waals surface area contributed by atoms with Crippen LogP contribution in [0.3, 0.4) is 0 Å². The van der Waals surface area contributed by atoms with Crippen LogP contribution in [0.4, 0.5) is 0 Å². The smallest absolute Gasteiger partial charge is 0.365 e. The number of oxime groups is 1. The van der Waals surface area contributed by atoms with Gasteiger partial charge in [-0.1, -0.05) is 5.16 Å². The van der Waals surface area contributed by atoms with Crippen LogP contribution in [-0.2, 0) is 9.63 Å². The van der Waals surface area contributed by atoms with Gasteiger partial charge in [-0.05, 0) is 15.9 Å². The molecule has 0 fully saturated rings. The summed E-state index contributed by atoms with van der Waals surface area (Å²) in [6.07, 6.45) is 0. The van der Waals surface area contributed by atoms with Crippen molar-refractivity contribution < 1.29 is 14.7 Å². The predicted octanol–water partition coefficient (Wildman–Crippen LogP) is 0.426. The van der Waals surface area contributed by atoms with Crippen molar-refractivity contribution in [1.82, 2.24) is 0 Å². The summed E-state index contributed by atoms with van der Waals surface area (Å²) in [6.45, 7) is 0. The number of aliphatic carboxylic acids is 1. The number of nitrogens with zero attached hydrogens (tertiary/aromatic N) is 1. The average molecular weight is 182 g/mol. The Kier molecular flexibility index (Phi) is 3.18. The molecule has 0 radical (unpaired) electrons. The predicted molar refractivity (Wildman–Crippen MR) is 31.0 cm³/mol. The van der Waals surface area contributed by atoms with Gasteiger partial charge in [0.2, 0.25) is 4.62 Å². The van der Waals surface area contributed by atoms with E-state index in [1.165, 1.54) is 7.11 Å². The van der Waals surface area contributed by atoms with Crippen LogP contribution < -0.4 is 0 Å². The number of hydrogen-bond donors (Lipinski definition) is 1. The first-order chi connectivity index (χ1) is 3.68. The van der Waals surface area contributed by atoms with E-state index in [1.807, 2.05) is 0 Å². The summed E-state index contributed by atoms with van der Waals surface area (Å²) in [7, 11) is 1.27. The molecule has 0 rings (SSSR count). The van der Waals surface area contributed by atoms with Crippen molar-refractivity contribution >= 4 is 26.5 Å². The number of halogens is 1. The molecule has 0 amide bonds. The third kappa shape index (κ3) is 2.57. The Labute approximate surface area is 54.3 Å². The van der Waals surface area contributed by atoms with Crippen LogP contribution in [0, 0.1) is 0 Å². The maximum atomic E-state index is 9.83. The first-order valence-corrected chi connectivity index (χ1v) is 2.47. The van der Waals surface area contributed by atoms with Crippen LogP contribution in [-0.4, -0.2) is 22.8 Å². The normalized spacial score (nSPS) is 11.0. The monoisotopic (exact) mass is 181 g/mol. The number of carboxylic acid groups (broad SMARTS) is 1. The highest BCUT2D eigenvalue weighted by Gasteiger charge is 2.02. The second-order valence-electron chi connectivity index (χ2n) is 0.870. The van der Waals surface area contributed by atoms with Gasteiger partial charge in [0.15, 0.2) is 0 Å². The molecule has 0 aliphatic heterocycles. The van der Waals surface area contributed by atoms with Crippen molar-refractivity contribution in [2.24, 2.45) is 5.16 Å². The van der Waals surface area contributed by atoms with Crippen LogP contribution in [0.15, 0.2) is 5.16 Å². The van der Waals surface area contributed by atoms with E-state index in [-0.39, 0.29) is 4.62 Å². The van der Waals surface area contributed by atoms with Gasteiger partial charge in [-0.15, -0.1) is 0 Å². The molecule has 1 N–H and O–H groups in total. The minimum atomic E-state index is -1.15. The van der Waals surface area contributed by atoms with Gasteiger partial charge in [-0.25, -0.2) is 4.79 Å². The van der Waals surface area contributed by atoms with Crippen LogP contribution in [0.25, 0.3) is 0 Å². The first kappa shape index (κ1) is 7.42. The van der Waals surface area contributed by atoms with Crippen LogP contribution >= 0.6 is 15.9 Å². The van der Waals surface area contributed by atoms with Crippen LogP contribution in [0.1, 0.15) is 0 Å². The Morgan fingerprint density at radius 2 is 2.38 bits per heavy atom. The lowest BCUT2D eigenvalue weighted by atomic mass is 10.8. The Morgan fingerprint density at radius 3 is 2.50 bits per heavy atom. The van der Waals surface area contributed by atoms with E-state index >= 15 is 0 Å². The van der Waals surface area contributed by atoms with Crippen molar-refractivity contribution in [3.63, 3.8) is 0 Å². The van der Waals surface area contributed by atoms with Crippen molar-refractivity contribution in [2.45, 2.75) is 0 Å². The number of hydrogen-bond acceptors (Lipinski definition) is 3. The zero-order valence-corrected chi connectivity index (χ0v) is 5.67. The van der Waals surface area contributed by atoms with Crippen molar-refractivity contribution in [3.8, 4) is 0 Å². The van der Waals surface area contributed by atoms with Gasteiger partial charge in [-0.3, -0.25) is 0 Å². The SMILES string of the molecule is CON=C(Br)C(=O)O. The summed E-state index contributed by atoms with van der Waals surface area (Å²) >= 11 is 2.63. The number of rotatable bonds is 2. The fourth-order valence-corrected chi connectivity index (χ4v) is 0.264. The second kappa shape index (κ2) is 3.43. The maximum Gasteiger partial charge on any atom is 0.365 e. The largest absolute Gasteiger partial charge is 0.476 e. The molecule has 0 heterocycles. The average Bonchev–Trinajstić information content (AvgIpc) is 1.67. The summed E-state index contributed by atoms with van der Waals surface area (Å²) in [5.41, 5.74) is 0. The molecular formula is C3H4BrNO3. The molecule has 0 atom stereocenters. The third-order valence-electron chi connectivity index (χ3n) is 0.348. The topological polar surface area (TPSA) is 58.9 Å². The summed E-state index contributed by atoms with van der Waals surface area (Å²) in [5, 5.41) is 11.1. The molecule has 0 bridgehead atoms. The van der Waals surface area contributed by atoms with Crippen molar-refractivity contribution in [3.05, 3.63) is 0 Å². The molecule has 0 spiro atoms. The fraction of sp³-hybridized carbons (Fsp3) is 0.333. The highest BCUT2D eigenvalue weighted by atomic mass is 79.9. The molecule has 0 saturated heterocycles. The van der Waals surface area contributed by atoms with E-state index in [2.05, 4.69) is 25.9 Å². The summed E-state index contributed by atoms with van der Waals surface area (Å²) in [4.78, 5) is 14.0. The highest BCUT2D eigenvalue weighted by Crippen LogP contribution is 1.88. The molecule has 0 aromatic heterocycles. The zero-order chi connectivity index (χ0) is 6.57. The molecule has 0 unspecified atom stereocenters. The highest BCUT2D eigenvalue weighted by molar-refractivity contribution is 9.19. The standard InChI is InChI=1S/C3H4BrNO3/c1-8-5-2(4)3(6)7/h1H3,(H,6,7). The van der Waals surface area contributed by atoms with Gasteiger partial charge in [0.1, 0.15) is 7.11 Å². The molecular weight excluding hydrogens is 178 g/mol. The molecule has 0 aliphatic rings. The number of carbonyl (C=O) groups is 1. The van der Waals surface area contributed by atoms with E-state index in [9.17, 15) is 4.79 Å². The van der Waals surface area contributed by atoms with Crippen LogP contribution in [0.5, 0.6) is 0 Å². The third-order valence-corrected chi connectivity index (χ3v) is 0.832. The summed E-state index contributed by atoms with van der Waals surface area (Å²) < 4.78 is -0.236. The minimum absolute atomic E-state index is 0.236. The molecule has 46 valence electrons. The molecule has 5 heteroatoms. The van der Waals surface area contributed by atoms with Gasteiger partial charge in [0.05, 0.1) is 0 Å². The summed E-state index contributed by atoms with van der Waals surface area (Å²) in [6, 6.07) is 0. The van der Waals surface area contributed by atoms with Gasteiger partial charge in [0.25, 0.3) is 0 Å². The lowest BCUT2D eigenvalue weighted by molar-refractivity contribution is -0.129. The molecule has 0 aromatic rings. The number of carboxylic acids is 1. The van der Waals surface area contributed by atoms with E-state index in [1.54, 1.807) is 0 Å². The van der Waals surface area contributed by atoms with E-state index in [0.717, 1.165) is 0 Å². The van der Waals surface area contributed by atoms with Gasteiger partial charge >= 0.3 is 5.97 Å². The van der Waals surface area contributed by atoms with Gasteiger partial charge in [-0.2, -0.15) is 0 Å². The first-order valence-electron chi connectivity index (χ1n) is 1.68. The molecule has 4 nitrogen and oxygen atoms in total. The molecule has 0 saturated carbocycles. The minimum Gasteiger partial charge on any atom is -0.476 e. The lowest BCUT2D eigenvalue weighted by Crippen LogP contribution is -2.04. The Bertz CT molecular complexity index is 122. The summed E-state index contributed by atoms with van der Waals surface area (Å²) in [5.74, 6) is -1.15. The van der Waals surface area contributed by atoms with E-state index in [0.29, 0.717) is 0 Å². The Balaban J connectivity index is 3.80. The molecule has 0 aromatic carbocycles. The van der Waals surface area contributed by atoms with Gasteiger partial charge < -0.3 is 9.94 Å². The van der Waals surface area contributed by atoms with Gasteiger partial charge in [0, 0.05) is 0 Å². The molecule has 8 heavy (non-hydrogen) atoms. The fourth-order valence-electron chi connectivity index (χ4n) is 0.119. The maximum absolute atomic E-state index is 9.83. The van der Waals surface area contributed by atoms with Crippen molar-refractivity contribution in [1.29, 1.82) is 0 Å². The quantitative estimate of drug-likeness (QED) is 0.497. The van der Waals surface area contributed by atoms with E-state index < -0.39 is 5.97 Å².